The number of thiazole rings is 2. The van der Waals surface area contributed by atoms with E-state index < -0.39 is 0 Å². The summed E-state index contributed by atoms with van der Waals surface area (Å²) in [7, 11) is 0. The fourth-order valence-electron chi connectivity index (χ4n) is 5.56. The van der Waals surface area contributed by atoms with Crippen molar-refractivity contribution in [3.8, 4) is 19.8 Å². The van der Waals surface area contributed by atoms with E-state index in [-0.39, 0.29) is 0 Å². The van der Waals surface area contributed by atoms with E-state index >= 15 is 0 Å². The van der Waals surface area contributed by atoms with E-state index in [1.165, 1.54) is 70.3 Å². The molecule has 6 heterocycles. The Bertz CT molecular complexity index is 2370. The van der Waals surface area contributed by atoms with Crippen molar-refractivity contribution >= 4 is 140 Å². The number of fused-ring (bicyclic) bond motifs is 9. The second-order valence-corrected chi connectivity index (χ2v) is 15.9. The second kappa shape index (κ2) is 8.16. The van der Waals surface area contributed by atoms with Crippen molar-refractivity contribution in [1.82, 2.24) is 9.97 Å². The molecule has 2 nitrogen and oxygen atoms in total. The third-order valence-corrected chi connectivity index (χ3v) is 14.4. The summed E-state index contributed by atoms with van der Waals surface area (Å²) in [5.74, 6) is 0. The molecule has 0 saturated heterocycles. The van der Waals surface area contributed by atoms with E-state index in [1.807, 2.05) is 45.3 Å². The van der Waals surface area contributed by atoms with Gasteiger partial charge in [-0.1, -0.05) is 24.3 Å². The van der Waals surface area contributed by atoms with E-state index in [2.05, 4.69) is 83.6 Å². The van der Waals surface area contributed by atoms with Crippen molar-refractivity contribution in [2.45, 2.75) is 0 Å². The maximum atomic E-state index is 5.10. The molecule has 0 N–H and O–H groups in total. The first-order valence-corrected chi connectivity index (χ1v) is 17.7. The number of nitrogens with zero attached hydrogens (tertiary/aromatic N) is 2. The van der Waals surface area contributed by atoms with Crippen LogP contribution >= 0.6 is 68.0 Å². The Hall–Kier alpha value is -3.24. The van der Waals surface area contributed by atoms with Crippen molar-refractivity contribution < 1.29 is 0 Å². The van der Waals surface area contributed by atoms with Gasteiger partial charge in [0.1, 0.15) is 10.0 Å². The van der Waals surface area contributed by atoms with Gasteiger partial charge in [0.15, 0.2) is 0 Å². The van der Waals surface area contributed by atoms with E-state index in [1.54, 1.807) is 22.7 Å². The molecular formula is C32H14N2S6. The summed E-state index contributed by atoms with van der Waals surface area (Å²) >= 11 is 10.9. The molecule has 0 amide bonds. The SMILES string of the molecule is c1cc2ccc3cc(-c4nc5cc6cc7sc(-c8cc9ccc%10ccsc%10c9s8)nc7cc6cc5s4)sc3c2s1. The smallest absolute Gasteiger partial charge is 0.134 e. The van der Waals surface area contributed by atoms with Gasteiger partial charge >= 0.3 is 0 Å². The largest absolute Gasteiger partial charge is 0.235 e. The predicted octanol–water partition coefficient (Wildman–Crippen LogP) is 12.3. The maximum Gasteiger partial charge on any atom is 0.134 e. The Balaban J connectivity index is 1.08. The molecule has 0 atom stereocenters. The van der Waals surface area contributed by atoms with Gasteiger partial charge in [0, 0.05) is 0 Å². The fourth-order valence-corrected chi connectivity index (χ4v) is 12.1. The second-order valence-electron chi connectivity index (χ2n) is 9.89. The molecule has 0 aliphatic heterocycles. The monoisotopic (exact) mass is 618 g/mol. The summed E-state index contributed by atoms with van der Waals surface area (Å²) in [5.41, 5.74) is 2.14. The highest BCUT2D eigenvalue weighted by Gasteiger charge is 2.16. The molecule has 6 aromatic heterocycles. The third kappa shape index (κ3) is 3.23. The van der Waals surface area contributed by atoms with E-state index in [4.69, 9.17) is 9.97 Å². The summed E-state index contributed by atoms with van der Waals surface area (Å²) in [6.07, 6.45) is 0. The lowest BCUT2D eigenvalue weighted by Crippen LogP contribution is -1.76. The molecule has 0 aliphatic rings. The lowest BCUT2D eigenvalue weighted by Gasteiger charge is -1.97. The zero-order chi connectivity index (χ0) is 25.9. The van der Waals surface area contributed by atoms with Gasteiger partial charge in [-0.25, -0.2) is 9.97 Å². The van der Waals surface area contributed by atoms with Gasteiger partial charge in [-0.2, -0.15) is 0 Å². The third-order valence-electron chi connectivity index (χ3n) is 7.49. The fraction of sp³-hybridized carbons (Fsp3) is 0. The Morgan fingerprint density at radius 2 is 0.875 bits per heavy atom. The van der Waals surface area contributed by atoms with Crippen LogP contribution in [0.3, 0.4) is 0 Å². The molecule has 0 radical (unpaired) electrons. The van der Waals surface area contributed by atoms with Crippen LogP contribution in [0.1, 0.15) is 0 Å². The van der Waals surface area contributed by atoms with E-state index in [0.717, 1.165) is 21.0 Å². The minimum absolute atomic E-state index is 1.07. The van der Waals surface area contributed by atoms with Crippen LogP contribution in [-0.4, -0.2) is 9.97 Å². The van der Waals surface area contributed by atoms with E-state index in [0.29, 0.717) is 0 Å². The number of hydrogen-bond donors (Lipinski definition) is 0. The highest BCUT2D eigenvalue weighted by Crippen LogP contribution is 2.44. The molecule has 4 aromatic carbocycles. The number of hydrogen-bond acceptors (Lipinski definition) is 8. The molecule has 0 bridgehead atoms. The van der Waals surface area contributed by atoms with Crippen LogP contribution in [0.25, 0.3) is 91.3 Å². The lowest BCUT2D eigenvalue weighted by molar-refractivity contribution is 1.50. The average Bonchev–Trinajstić information content (AvgIpc) is 3.78. The minimum Gasteiger partial charge on any atom is -0.235 e. The summed E-state index contributed by atoms with van der Waals surface area (Å²) in [4.78, 5) is 12.7. The van der Waals surface area contributed by atoms with E-state index in [9.17, 15) is 0 Å². The quantitative estimate of drug-likeness (QED) is 0.193. The molecule has 188 valence electrons. The van der Waals surface area contributed by atoms with Gasteiger partial charge in [-0.05, 0) is 91.6 Å². The first-order valence-electron chi connectivity index (χ1n) is 12.7. The number of thiophene rings is 4. The summed E-state index contributed by atoms with van der Waals surface area (Å²) in [6, 6.07) is 27.0. The van der Waals surface area contributed by atoms with Gasteiger partial charge in [0.05, 0.1) is 49.0 Å². The molecule has 10 rings (SSSR count). The molecule has 0 aliphatic carbocycles. The van der Waals surface area contributed by atoms with Gasteiger partial charge in [-0.15, -0.1) is 68.0 Å². The van der Waals surface area contributed by atoms with Gasteiger partial charge in [-0.3, -0.25) is 0 Å². The van der Waals surface area contributed by atoms with Gasteiger partial charge in [0.25, 0.3) is 0 Å². The zero-order valence-corrected chi connectivity index (χ0v) is 25.3. The molecule has 0 unspecified atom stereocenters. The van der Waals surface area contributed by atoms with Crippen LogP contribution in [0.5, 0.6) is 0 Å². The predicted molar refractivity (Wildman–Crippen MR) is 183 cm³/mol. The summed E-state index contributed by atoms with van der Waals surface area (Å²) in [5, 5.41) is 14.3. The molecule has 40 heavy (non-hydrogen) atoms. The van der Waals surface area contributed by atoms with Crippen LogP contribution in [0.15, 0.2) is 83.6 Å². The molecule has 0 saturated carbocycles. The average molecular weight is 619 g/mol. The first-order chi connectivity index (χ1) is 19.7. The molecule has 0 spiro atoms. The van der Waals surface area contributed by atoms with Crippen LogP contribution < -0.4 is 0 Å². The number of aromatic nitrogens is 2. The van der Waals surface area contributed by atoms with Crippen molar-refractivity contribution in [2.24, 2.45) is 0 Å². The zero-order valence-electron chi connectivity index (χ0n) is 20.4. The van der Waals surface area contributed by atoms with Gasteiger partial charge in [0.2, 0.25) is 0 Å². The van der Waals surface area contributed by atoms with Gasteiger partial charge < -0.3 is 0 Å². The highest BCUT2D eigenvalue weighted by molar-refractivity contribution is 7.32. The number of rotatable bonds is 2. The Morgan fingerprint density at radius 3 is 1.38 bits per heavy atom. The van der Waals surface area contributed by atoms with Crippen molar-refractivity contribution in [3.05, 3.63) is 83.6 Å². The molecular weight excluding hydrogens is 605 g/mol. The highest BCUT2D eigenvalue weighted by atomic mass is 32.1. The maximum absolute atomic E-state index is 5.10. The Kier molecular flexibility index (Phi) is 4.58. The van der Waals surface area contributed by atoms with Crippen LogP contribution in [0.2, 0.25) is 0 Å². The summed E-state index contributed by atoms with van der Waals surface area (Å²) < 4.78 is 7.94. The first kappa shape index (κ1) is 22.4. The van der Waals surface area contributed by atoms with Crippen LogP contribution in [0.4, 0.5) is 0 Å². The number of benzene rings is 4. The Morgan fingerprint density at radius 1 is 0.400 bits per heavy atom. The molecule has 0 fully saturated rings. The van der Waals surface area contributed by atoms with Crippen molar-refractivity contribution in [1.29, 1.82) is 0 Å². The molecule has 8 heteroatoms. The molecule has 10 aromatic rings. The van der Waals surface area contributed by atoms with Crippen molar-refractivity contribution in [3.63, 3.8) is 0 Å². The lowest BCUT2D eigenvalue weighted by atomic mass is 10.1. The standard InChI is InChI=1S/C32H14N2S6/c1-3-17-11-25(37-29(17)27-15(1)5-7-35-27)31-33-21-9-19-14-24-22(10-20(19)13-23(21)39-31)34-32(40-24)26-12-18-4-2-16-6-8-36-28(16)30(18)38-26/h1-14H. The topological polar surface area (TPSA) is 25.8 Å². The van der Waals surface area contributed by atoms with Crippen LogP contribution in [0, 0.1) is 0 Å². The summed E-state index contributed by atoms with van der Waals surface area (Å²) in [6.45, 7) is 0. The Labute approximate surface area is 251 Å². The van der Waals surface area contributed by atoms with Crippen molar-refractivity contribution in [2.75, 3.05) is 0 Å². The normalized spacial score (nSPS) is 12.5. The van der Waals surface area contributed by atoms with Crippen LogP contribution in [-0.2, 0) is 0 Å². The minimum atomic E-state index is 1.07.